The van der Waals surface area contributed by atoms with Gasteiger partial charge in [-0.05, 0) is 18.6 Å². The lowest BCUT2D eigenvalue weighted by atomic mass is 10.2. The molecule has 5 nitrogen and oxygen atoms in total. The SMILES string of the molecule is Cc1cncc(C(=O)O)c1.NN. The number of carboxylic acid groups (broad SMARTS) is 1. The number of nitrogens with two attached hydrogens (primary N) is 2. The standard InChI is InChI=1S/C7H7NO2.H4N2/c1-5-2-6(7(9)10)4-8-3-5;1-2/h2-4H,1H3,(H,9,10);1-2H2. The third kappa shape index (κ3) is 3.09. The summed E-state index contributed by atoms with van der Waals surface area (Å²) >= 11 is 0. The number of carboxylic acids is 1. The maximum atomic E-state index is 10.3. The van der Waals surface area contributed by atoms with E-state index in [-0.39, 0.29) is 5.56 Å². The normalized spacial score (nSPS) is 8.25. The zero-order valence-electron chi connectivity index (χ0n) is 6.69. The van der Waals surface area contributed by atoms with Gasteiger partial charge in [-0.2, -0.15) is 0 Å². The number of hydrogen-bond donors (Lipinski definition) is 3. The molecule has 1 heterocycles. The highest BCUT2D eigenvalue weighted by molar-refractivity contribution is 5.87. The van der Waals surface area contributed by atoms with Crippen LogP contribution in [-0.2, 0) is 0 Å². The largest absolute Gasteiger partial charge is 0.478 e. The minimum absolute atomic E-state index is 0.236. The molecule has 5 N–H and O–H groups in total. The molecule has 0 aliphatic rings. The maximum absolute atomic E-state index is 10.3. The fourth-order valence-electron chi connectivity index (χ4n) is 0.672. The van der Waals surface area contributed by atoms with Crippen LogP contribution in [0.4, 0.5) is 0 Å². The van der Waals surface area contributed by atoms with Gasteiger partial charge in [0.15, 0.2) is 0 Å². The number of rotatable bonds is 1. The van der Waals surface area contributed by atoms with Gasteiger partial charge in [-0.25, -0.2) is 4.79 Å². The maximum Gasteiger partial charge on any atom is 0.337 e. The monoisotopic (exact) mass is 169 g/mol. The summed E-state index contributed by atoms with van der Waals surface area (Å²) < 4.78 is 0. The molecule has 0 spiro atoms. The van der Waals surface area contributed by atoms with Crippen molar-refractivity contribution in [3.05, 3.63) is 29.6 Å². The average molecular weight is 169 g/mol. The van der Waals surface area contributed by atoms with Gasteiger partial charge in [0.2, 0.25) is 0 Å². The highest BCUT2D eigenvalue weighted by atomic mass is 16.4. The summed E-state index contributed by atoms with van der Waals surface area (Å²) in [6.07, 6.45) is 2.95. The van der Waals surface area contributed by atoms with Crippen molar-refractivity contribution >= 4 is 5.97 Å². The Morgan fingerprint density at radius 3 is 2.42 bits per heavy atom. The molecule has 66 valence electrons. The van der Waals surface area contributed by atoms with E-state index in [0.29, 0.717) is 0 Å². The van der Waals surface area contributed by atoms with E-state index in [0.717, 1.165) is 5.56 Å². The third-order valence-corrected chi connectivity index (χ3v) is 1.12. The highest BCUT2D eigenvalue weighted by Gasteiger charge is 2.00. The van der Waals surface area contributed by atoms with Crippen molar-refractivity contribution < 1.29 is 9.90 Å². The number of nitrogens with zero attached hydrogens (tertiary/aromatic N) is 1. The molecule has 0 aromatic carbocycles. The Balaban J connectivity index is 0.000000561. The predicted octanol–water partition coefficient (Wildman–Crippen LogP) is -0.0930. The van der Waals surface area contributed by atoms with Crippen LogP contribution < -0.4 is 11.7 Å². The zero-order valence-corrected chi connectivity index (χ0v) is 6.69. The lowest BCUT2D eigenvalue weighted by Gasteiger charge is -1.92. The quantitative estimate of drug-likeness (QED) is 0.402. The summed E-state index contributed by atoms with van der Waals surface area (Å²) in [7, 11) is 0. The molecule has 1 aromatic rings. The van der Waals surface area contributed by atoms with Crippen LogP contribution in [0.3, 0.4) is 0 Å². The van der Waals surface area contributed by atoms with Crippen LogP contribution in [0.25, 0.3) is 0 Å². The zero-order chi connectivity index (χ0) is 9.56. The van der Waals surface area contributed by atoms with Gasteiger partial charge in [-0.3, -0.25) is 16.7 Å². The summed E-state index contributed by atoms with van der Waals surface area (Å²) in [5.74, 6) is 7.07. The molecule has 0 aliphatic heterocycles. The van der Waals surface area contributed by atoms with Gasteiger partial charge in [-0.15, -0.1) is 0 Å². The second kappa shape index (κ2) is 5.22. The third-order valence-electron chi connectivity index (χ3n) is 1.12. The molecule has 12 heavy (non-hydrogen) atoms. The van der Waals surface area contributed by atoms with Gasteiger partial charge in [0.1, 0.15) is 0 Å². The average Bonchev–Trinajstić information content (AvgIpc) is 2.08. The van der Waals surface area contributed by atoms with Crippen LogP contribution in [0.2, 0.25) is 0 Å². The summed E-state index contributed by atoms with van der Waals surface area (Å²) in [5, 5.41) is 8.47. The molecule has 0 fully saturated rings. The van der Waals surface area contributed by atoms with Crippen molar-refractivity contribution in [1.82, 2.24) is 4.98 Å². The molecular formula is C7H11N3O2. The molecule has 0 radical (unpaired) electrons. The Bertz CT molecular complexity index is 263. The molecule has 0 bridgehead atoms. The fraction of sp³-hybridized carbons (Fsp3) is 0.143. The number of aromatic nitrogens is 1. The number of aromatic carboxylic acids is 1. The summed E-state index contributed by atoms with van der Waals surface area (Å²) in [6, 6.07) is 1.58. The molecule has 1 aromatic heterocycles. The van der Waals surface area contributed by atoms with Crippen LogP contribution >= 0.6 is 0 Å². The first kappa shape index (κ1) is 10.5. The number of aryl methyl sites for hydroxylation is 1. The Morgan fingerprint density at radius 2 is 2.08 bits per heavy atom. The van der Waals surface area contributed by atoms with E-state index in [2.05, 4.69) is 16.7 Å². The fourth-order valence-corrected chi connectivity index (χ4v) is 0.672. The highest BCUT2D eigenvalue weighted by Crippen LogP contribution is 1.99. The van der Waals surface area contributed by atoms with Crippen LogP contribution in [0.15, 0.2) is 18.5 Å². The van der Waals surface area contributed by atoms with Crippen molar-refractivity contribution in [3.63, 3.8) is 0 Å². The molecule has 0 amide bonds. The smallest absolute Gasteiger partial charge is 0.337 e. The van der Waals surface area contributed by atoms with Gasteiger partial charge in [0.25, 0.3) is 0 Å². The van der Waals surface area contributed by atoms with Crippen molar-refractivity contribution in [2.24, 2.45) is 11.7 Å². The molecule has 0 unspecified atom stereocenters. The second-order valence-electron chi connectivity index (χ2n) is 2.06. The van der Waals surface area contributed by atoms with Crippen molar-refractivity contribution in [2.45, 2.75) is 6.92 Å². The molecule has 0 atom stereocenters. The number of hydrogen-bond acceptors (Lipinski definition) is 4. The minimum Gasteiger partial charge on any atom is -0.478 e. The van der Waals surface area contributed by atoms with Crippen LogP contribution in [0.5, 0.6) is 0 Å². The Kier molecular flexibility index (Phi) is 4.59. The Morgan fingerprint density at radius 1 is 1.50 bits per heavy atom. The molecule has 5 heteroatoms. The van der Waals surface area contributed by atoms with Crippen LogP contribution in [0, 0.1) is 6.92 Å². The number of pyridine rings is 1. The van der Waals surface area contributed by atoms with E-state index in [9.17, 15) is 4.79 Å². The molecular weight excluding hydrogens is 158 g/mol. The van der Waals surface area contributed by atoms with Crippen molar-refractivity contribution in [1.29, 1.82) is 0 Å². The molecule has 1 rings (SSSR count). The van der Waals surface area contributed by atoms with E-state index in [1.807, 2.05) is 0 Å². The van der Waals surface area contributed by atoms with Crippen molar-refractivity contribution in [2.75, 3.05) is 0 Å². The molecule has 0 saturated carbocycles. The van der Waals surface area contributed by atoms with Crippen molar-refractivity contribution in [3.8, 4) is 0 Å². The van der Waals surface area contributed by atoms with Crippen LogP contribution in [0.1, 0.15) is 15.9 Å². The van der Waals surface area contributed by atoms with Crippen LogP contribution in [-0.4, -0.2) is 16.1 Å². The lowest BCUT2D eigenvalue weighted by Crippen LogP contribution is -2.02. The first-order valence-corrected chi connectivity index (χ1v) is 3.18. The Labute approximate surface area is 70.0 Å². The van der Waals surface area contributed by atoms with Gasteiger partial charge in [0.05, 0.1) is 5.56 Å². The molecule has 0 saturated heterocycles. The van der Waals surface area contributed by atoms with E-state index in [1.165, 1.54) is 6.20 Å². The topological polar surface area (TPSA) is 102 Å². The second-order valence-corrected chi connectivity index (χ2v) is 2.06. The van der Waals surface area contributed by atoms with Gasteiger partial charge in [0, 0.05) is 12.4 Å². The van der Waals surface area contributed by atoms with Gasteiger partial charge >= 0.3 is 5.97 Å². The first-order chi connectivity index (χ1) is 5.70. The van der Waals surface area contributed by atoms with Gasteiger partial charge in [-0.1, -0.05) is 0 Å². The summed E-state index contributed by atoms with van der Waals surface area (Å²) in [6.45, 7) is 1.80. The molecule has 0 aliphatic carbocycles. The number of hydrazine groups is 1. The minimum atomic E-state index is -0.934. The van der Waals surface area contributed by atoms with E-state index in [4.69, 9.17) is 5.11 Å². The lowest BCUT2D eigenvalue weighted by molar-refractivity contribution is 0.0696. The summed E-state index contributed by atoms with van der Waals surface area (Å²) in [5.41, 5.74) is 1.10. The predicted molar refractivity (Wildman–Crippen MR) is 44.3 cm³/mol. The Hall–Kier alpha value is -1.46. The van der Waals surface area contributed by atoms with E-state index >= 15 is 0 Å². The van der Waals surface area contributed by atoms with E-state index in [1.54, 1.807) is 19.2 Å². The summed E-state index contributed by atoms with van der Waals surface area (Å²) in [4.78, 5) is 14.0. The first-order valence-electron chi connectivity index (χ1n) is 3.18. The van der Waals surface area contributed by atoms with E-state index < -0.39 is 5.97 Å². The van der Waals surface area contributed by atoms with Gasteiger partial charge < -0.3 is 5.11 Å². The number of carbonyl (C=O) groups is 1.